The number of rotatable bonds is 5. The number of anilines is 1. The van der Waals surface area contributed by atoms with Crippen molar-refractivity contribution in [1.29, 1.82) is 0 Å². The maximum absolute atomic E-state index is 11.7. The van der Waals surface area contributed by atoms with Gasteiger partial charge in [-0.3, -0.25) is 20.0 Å². The van der Waals surface area contributed by atoms with Crippen LogP contribution in [0.3, 0.4) is 0 Å². The summed E-state index contributed by atoms with van der Waals surface area (Å²) in [5.74, 6) is -0.0977. The van der Waals surface area contributed by atoms with Gasteiger partial charge in [-0.05, 0) is 22.0 Å². The quantitative estimate of drug-likeness (QED) is 0.458. The molecule has 0 saturated heterocycles. The van der Waals surface area contributed by atoms with Crippen LogP contribution in [0.15, 0.2) is 34.2 Å². The highest BCUT2D eigenvalue weighted by Gasteiger charge is 2.11. The number of nitro groups is 1. The van der Waals surface area contributed by atoms with E-state index in [2.05, 4.69) is 36.4 Å². The van der Waals surface area contributed by atoms with Gasteiger partial charge in [0.1, 0.15) is 6.33 Å². The predicted molar refractivity (Wildman–Crippen MR) is 83.8 cm³/mol. The standard InChI is InChI=1S/C10H8BrN5O3S.ClH/c11-7-3-6(16(18)19)1-2-8(7)14-9(17)4-20-10-12-5-13-15-10;/h1-3,5H,4H2,(H,14,17)(H,12,13,15);1H. The van der Waals surface area contributed by atoms with E-state index in [1.54, 1.807) is 0 Å². The van der Waals surface area contributed by atoms with Gasteiger partial charge in [0.25, 0.3) is 5.69 Å². The number of nitrogens with zero attached hydrogens (tertiary/aromatic N) is 3. The van der Waals surface area contributed by atoms with Crippen molar-refractivity contribution in [3.63, 3.8) is 0 Å². The van der Waals surface area contributed by atoms with Crippen LogP contribution >= 0.6 is 40.1 Å². The molecule has 0 fully saturated rings. The predicted octanol–water partition coefficient (Wildman–Crippen LogP) is 2.63. The molecule has 0 unspecified atom stereocenters. The van der Waals surface area contributed by atoms with E-state index in [9.17, 15) is 14.9 Å². The van der Waals surface area contributed by atoms with Gasteiger partial charge in [-0.15, -0.1) is 12.4 Å². The molecule has 0 bridgehead atoms. The number of aromatic nitrogens is 3. The summed E-state index contributed by atoms with van der Waals surface area (Å²) in [4.78, 5) is 25.7. The molecule has 21 heavy (non-hydrogen) atoms. The van der Waals surface area contributed by atoms with Gasteiger partial charge in [0.2, 0.25) is 5.91 Å². The lowest BCUT2D eigenvalue weighted by Gasteiger charge is -2.06. The van der Waals surface area contributed by atoms with Crippen LogP contribution in [0.4, 0.5) is 11.4 Å². The Morgan fingerprint density at radius 2 is 2.29 bits per heavy atom. The third-order valence-corrected chi connectivity index (χ3v) is 3.70. The fourth-order valence-corrected chi connectivity index (χ4v) is 2.35. The first kappa shape index (κ1) is 17.4. The molecule has 1 aromatic carbocycles. The van der Waals surface area contributed by atoms with Crippen molar-refractivity contribution in [3.05, 3.63) is 39.1 Å². The molecule has 0 atom stereocenters. The molecule has 0 aliphatic heterocycles. The summed E-state index contributed by atoms with van der Waals surface area (Å²) >= 11 is 4.38. The maximum Gasteiger partial charge on any atom is 0.270 e. The number of hydrogen-bond donors (Lipinski definition) is 2. The van der Waals surface area contributed by atoms with E-state index in [0.717, 1.165) is 0 Å². The van der Waals surface area contributed by atoms with Crippen molar-refractivity contribution in [3.8, 4) is 0 Å². The molecule has 8 nitrogen and oxygen atoms in total. The largest absolute Gasteiger partial charge is 0.324 e. The average molecular weight is 395 g/mol. The zero-order chi connectivity index (χ0) is 14.5. The number of amides is 1. The Hall–Kier alpha value is -1.65. The lowest BCUT2D eigenvalue weighted by Crippen LogP contribution is -2.14. The van der Waals surface area contributed by atoms with E-state index in [1.165, 1.54) is 36.3 Å². The van der Waals surface area contributed by atoms with Crippen LogP contribution in [0.5, 0.6) is 0 Å². The topological polar surface area (TPSA) is 114 Å². The van der Waals surface area contributed by atoms with Crippen molar-refractivity contribution < 1.29 is 9.72 Å². The molecule has 1 aromatic heterocycles. The van der Waals surface area contributed by atoms with Crippen LogP contribution in [0.2, 0.25) is 0 Å². The summed E-state index contributed by atoms with van der Waals surface area (Å²) in [6.07, 6.45) is 1.35. The number of hydrogen-bond acceptors (Lipinski definition) is 6. The number of nitrogens with one attached hydrogen (secondary N) is 2. The highest BCUT2D eigenvalue weighted by molar-refractivity contribution is 9.10. The van der Waals surface area contributed by atoms with Crippen LogP contribution in [0, 0.1) is 10.1 Å². The highest BCUT2D eigenvalue weighted by Crippen LogP contribution is 2.27. The lowest BCUT2D eigenvalue weighted by molar-refractivity contribution is -0.384. The van der Waals surface area contributed by atoms with Crippen LogP contribution in [-0.4, -0.2) is 31.8 Å². The third-order valence-electron chi connectivity index (χ3n) is 2.17. The molecule has 0 aliphatic carbocycles. The minimum absolute atomic E-state index is 0. The van der Waals surface area contributed by atoms with Crippen molar-refractivity contribution in [1.82, 2.24) is 15.2 Å². The number of halogens is 2. The Morgan fingerprint density at radius 1 is 1.52 bits per heavy atom. The smallest absolute Gasteiger partial charge is 0.270 e. The number of non-ortho nitro benzene ring substituents is 1. The van der Waals surface area contributed by atoms with Gasteiger partial charge in [0.05, 0.1) is 16.4 Å². The SMILES string of the molecule is Cl.O=C(CSc1ncn[nH]1)Nc1ccc([N+](=O)[O-])cc1Br. The van der Waals surface area contributed by atoms with Crippen LogP contribution in [-0.2, 0) is 4.79 Å². The fraction of sp³-hybridized carbons (Fsp3) is 0.100. The van der Waals surface area contributed by atoms with Gasteiger partial charge in [0, 0.05) is 16.6 Å². The second kappa shape index (κ2) is 7.96. The summed E-state index contributed by atoms with van der Waals surface area (Å²) in [5.41, 5.74) is 0.421. The molecule has 2 rings (SSSR count). The fourth-order valence-electron chi connectivity index (χ4n) is 1.30. The Morgan fingerprint density at radius 3 is 2.86 bits per heavy atom. The molecule has 112 valence electrons. The van der Waals surface area contributed by atoms with E-state index < -0.39 is 4.92 Å². The molecule has 1 heterocycles. The van der Waals surface area contributed by atoms with E-state index in [0.29, 0.717) is 15.3 Å². The maximum atomic E-state index is 11.7. The van der Waals surface area contributed by atoms with Crippen molar-refractivity contribution in [2.45, 2.75) is 5.16 Å². The molecule has 0 saturated carbocycles. The van der Waals surface area contributed by atoms with E-state index in [1.807, 2.05) is 0 Å². The monoisotopic (exact) mass is 393 g/mol. The van der Waals surface area contributed by atoms with Gasteiger partial charge < -0.3 is 5.32 Å². The number of thioether (sulfide) groups is 1. The third kappa shape index (κ3) is 4.99. The molecule has 0 spiro atoms. The molecular weight excluding hydrogens is 386 g/mol. The number of aromatic amines is 1. The summed E-state index contributed by atoms with van der Waals surface area (Å²) < 4.78 is 0.449. The Kier molecular flexibility index (Phi) is 6.59. The Balaban J connectivity index is 0.00000220. The van der Waals surface area contributed by atoms with Crippen LogP contribution in [0.1, 0.15) is 0 Å². The van der Waals surface area contributed by atoms with Gasteiger partial charge in [-0.1, -0.05) is 11.8 Å². The number of carbonyl (C=O) groups is 1. The van der Waals surface area contributed by atoms with E-state index in [4.69, 9.17) is 0 Å². The summed E-state index contributed by atoms with van der Waals surface area (Å²) in [7, 11) is 0. The molecule has 0 aliphatic rings. The molecule has 2 aromatic rings. The van der Waals surface area contributed by atoms with Crippen LogP contribution in [0.25, 0.3) is 0 Å². The molecule has 11 heteroatoms. The number of nitro benzene ring substituents is 1. The number of H-pyrrole nitrogens is 1. The van der Waals surface area contributed by atoms with Gasteiger partial charge in [0.15, 0.2) is 5.16 Å². The summed E-state index contributed by atoms with van der Waals surface area (Å²) in [5, 5.41) is 20.1. The molecule has 1 amide bonds. The highest BCUT2D eigenvalue weighted by atomic mass is 79.9. The zero-order valence-corrected chi connectivity index (χ0v) is 13.5. The minimum Gasteiger partial charge on any atom is -0.324 e. The first-order valence-electron chi connectivity index (χ1n) is 5.28. The van der Waals surface area contributed by atoms with E-state index in [-0.39, 0.29) is 29.8 Å². The lowest BCUT2D eigenvalue weighted by atomic mass is 10.3. The average Bonchev–Trinajstić information content (AvgIpc) is 2.91. The molecule has 0 radical (unpaired) electrons. The normalized spacial score (nSPS) is 9.76. The van der Waals surface area contributed by atoms with Gasteiger partial charge in [-0.25, -0.2) is 4.98 Å². The van der Waals surface area contributed by atoms with Gasteiger partial charge >= 0.3 is 0 Å². The summed E-state index contributed by atoms with van der Waals surface area (Å²) in [6.45, 7) is 0. The van der Waals surface area contributed by atoms with Crippen molar-refractivity contribution in [2.75, 3.05) is 11.1 Å². The second-order valence-electron chi connectivity index (χ2n) is 3.55. The minimum atomic E-state index is -0.504. The Labute approximate surface area is 137 Å². The molecule has 2 N–H and O–H groups in total. The van der Waals surface area contributed by atoms with E-state index >= 15 is 0 Å². The summed E-state index contributed by atoms with van der Waals surface area (Å²) in [6, 6.07) is 4.13. The van der Waals surface area contributed by atoms with Crippen LogP contribution < -0.4 is 5.32 Å². The zero-order valence-electron chi connectivity index (χ0n) is 10.3. The number of carbonyl (C=O) groups excluding carboxylic acids is 1. The van der Waals surface area contributed by atoms with Crippen molar-refractivity contribution in [2.24, 2.45) is 0 Å². The number of benzene rings is 1. The Bertz CT molecular complexity index is 640. The molecular formula is C10H9BrClN5O3S. The van der Waals surface area contributed by atoms with Gasteiger partial charge in [-0.2, -0.15) is 5.10 Å². The first-order chi connectivity index (χ1) is 9.56. The van der Waals surface area contributed by atoms with Crippen molar-refractivity contribution >= 4 is 57.4 Å². The second-order valence-corrected chi connectivity index (χ2v) is 5.37. The first-order valence-corrected chi connectivity index (χ1v) is 7.06.